The summed E-state index contributed by atoms with van der Waals surface area (Å²) < 4.78 is 0. The van der Waals surface area contributed by atoms with Gasteiger partial charge in [-0.15, -0.1) is 0 Å². The first-order chi connectivity index (χ1) is 5.79. The van der Waals surface area contributed by atoms with Crippen molar-refractivity contribution in [2.75, 3.05) is 6.26 Å². The van der Waals surface area contributed by atoms with Gasteiger partial charge in [0.1, 0.15) is 0 Å². The third-order valence-electron chi connectivity index (χ3n) is 1.99. The highest BCUT2D eigenvalue weighted by molar-refractivity contribution is 7.98. The summed E-state index contributed by atoms with van der Waals surface area (Å²) in [6, 6.07) is 2.45. The average Bonchev–Trinajstić information content (AvgIpc) is 2.58. The van der Waals surface area contributed by atoms with E-state index in [1.807, 2.05) is 11.8 Å². The molecule has 0 saturated heterocycles. The molecule has 0 saturated carbocycles. The van der Waals surface area contributed by atoms with E-state index in [1.54, 1.807) is 11.3 Å². The third-order valence-corrected chi connectivity index (χ3v) is 3.82. The van der Waals surface area contributed by atoms with Crippen LogP contribution in [0, 0.1) is 0 Å². The predicted molar refractivity (Wildman–Crippen MR) is 58.8 cm³/mol. The molecule has 0 aliphatic rings. The van der Waals surface area contributed by atoms with Gasteiger partial charge in [0.15, 0.2) is 0 Å². The largest absolute Gasteiger partial charge is 0.326 e. The summed E-state index contributed by atoms with van der Waals surface area (Å²) in [5.41, 5.74) is 7.38. The van der Waals surface area contributed by atoms with Crippen molar-refractivity contribution in [2.24, 2.45) is 5.73 Å². The number of hydrogen-bond donors (Lipinski definition) is 1. The molecule has 68 valence electrons. The van der Waals surface area contributed by atoms with Crippen LogP contribution in [-0.4, -0.2) is 12.3 Å². The zero-order chi connectivity index (χ0) is 8.97. The van der Waals surface area contributed by atoms with Gasteiger partial charge in [-0.25, -0.2) is 0 Å². The molecule has 0 bridgehead atoms. The van der Waals surface area contributed by atoms with Crippen LogP contribution in [0.4, 0.5) is 0 Å². The predicted octanol–water partition coefficient (Wildman–Crippen LogP) is 2.89. The highest BCUT2D eigenvalue weighted by Crippen LogP contribution is 2.31. The second-order valence-corrected chi connectivity index (χ2v) is 4.54. The average molecular weight is 201 g/mol. The van der Waals surface area contributed by atoms with Crippen LogP contribution in [0.1, 0.15) is 24.2 Å². The molecule has 2 unspecified atom stereocenters. The highest BCUT2D eigenvalue weighted by Gasteiger charge is 2.16. The molecule has 2 N–H and O–H groups in total. The lowest BCUT2D eigenvalue weighted by atomic mass is 10.1. The standard InChI is InChI=1S/C9H15NS2/c1-3-8(10)9(11-2)7-4-5-12-6-7/h4-6,8-9H,3,10H2,1-2H3. The van der Waals surface area contributed by atoms with Gasteiger partial charge >= 0.3 is 0 Å². The zero-order valence-electron chi connectivity index (χ0n) is 7.49. The summed E-state index contributed by atoms with van der Waals surface area (Å²) in [7, 11) is 0. The number of rotatable bonds is 4. The van der Waals surface area contributed by atoms with Gasteiger partial charge in [-0.3, -0.25) is 0 Å². The monoisotopic (exact) mass is 201 g/mol. The molecule has 1 aromatic rings. The van der Waals surface area contributed by atoms with E-state index in [1.165, 1.54) is 5.56 Å². The Balaban J connectivity index is 2.69. The first-order valence-electron chi connectivity index (χ1n) is 4.10. The maximum atomic E-state index is 6.00. The molecule has 1 rings (SSSR count). The van der Waals surface area contributed by atoms with Gasteiger partial charge in [0.2, 0.25) is 0 Å². The van der Waals surface area contributed by atoms with Crippen molar-refractivity contribution in [2.45, 2.75) is 24.6 Å². The molecule has 0 aliphatic heterocycles. The Morgan fingerprint density at radius 3 is 2.83 bits per heavy atom. The minimum absolute atomic E-state index is 0.287. The Morgan fingerprint density at radius 2 is 2.42 bits per heavy atom. The summed E-state index contributed by atoms with van der Waals surface area (Å²) >= 11 is 3.58. The van der Waals surface area contributed by atoms with Crippen LogP contribution in [0.15, 0.2) is 16.8 Å². The van der Waals surface area contributed by atoms with Crippen molar-refractivity contribution in [1.82, 2.24) is 0 Å². The van der Waals surface area contributed by atoms with Gasteiger partial charge in [0, 0.05) is 11.3 Å². The minimum Gasteiger partial charge on any atom is -0.326 e. The van der Waals surface area contributed by atoms with Crippen molar-refractivity contribution in [3.8, 4) is 0 Å². The molecule has 0 spiro atoms. The van der Waals surface area contributed by atoms with E-state index >= 15 is 0 Å². The second kappa shape index (κ2) is 4.90. The molecule has 3 heteroatoms. The molecular formula is C9H15NS2. The SMILES string of the molecule is CCC(N)C(SC)c1ccsc1. The van der Waals surface area contributed by atoms with Crippen molar-refractivity contribution < 1.29 is 0 Å². The van der Waals surface area contributed by atoms with Crippen molar-refractivity contribution >= 4 is 23.1 Å². The van der Waals surface area contributed by atoms with Gasteiger partial charge < -0.3 is 5.73 Å². The Kier molecular flexibility index (Phi) is 4.12. The Bertz CT molecular complexity index is 208. The Hall–Kier alpha value is 0.01000. The van der Waals surface area contributed by atoms with Crippen molar-refractivity contribution in [1.29, 1.82) is 0 Å². The van der Waals surface area contributed by atoms with Crippen LogP contribution in [-0.2, 0) is 0 Å². The second-order valence-electron chi connectivity index (χ2n) is 2.79. The smallest absolute Gasteiger partial charge is 0.0453 e. The van der Waals surface area contributed by atoms with Crippen LogP contribution in [0.5, 0.6) is 0 Å². The van der Waals surface area contributed by atoms with Crippen molar-refractivity contribution in [3.05, 3.63) is 22.4 Å². The number of hydrogen-bond acceptors (Lipinski definition) is 3. The van der Waals surface area contributed by atoms with Gasteiger partial charge in [0.05, 0.1) is 0 Å². The molecular weight excluding hydrogens is 186 g/mol. The van der Waals surface area contributed by atoms with E-state index in [-0.39, 0.29) is 6.04 Å². The first kappa shape index (κ1) is 10.1. The van der Waals surface area contributed by atoms with Crippen LogP contribution in [0.3, 0.4) is 0 Å². The molecule has 2 atom stereocenters. The third kappa shape index (κ3) is 2.25. The maximum Gasteiger partial charge on any atom is 0.0453 e. The summed E-state index contributed by atoms with van der Waals surface area (Å²) in [4.78, 5) is 0. The molecule has 1 nitrogen and oxygen atoms in total. The molecule has 12 heavy (non-hydrogen) atoms. The molecule has 0 aromatic carbocycles. The quantitative estimate of drug-likeness (QED) is 0.810. The van der Waals surface area contributed by atoms with E-state index < -0.39 is 0 Å². The summed E-state index contributed by atoms with van der Waals surface area (Å²) in [6.45, 7) is 2.14. The van der Waals surface area contributed by atoms with Crippen LogP contribution in [0.25, 0.3) is 0 Å². The maximum absolute atomic E-state index is 6.00. The summed E-state index contributed by atoms with van der Waals surface area (Å²) in [5.74, 6) is 0. The Labute approximate surface area is 82.4 Å². The fourth-order valence-corrected chi connectivity index (χ4v) is 2.95. The van der Waals surface area contributed by atoms with E-state index in [4.69, 9.17) is 5.73 Å². The molecule has 1 heterocycles. The zero-order valence-corrected chi connectivity index (χ0v) is 9.12. The Morgan fingerprint density at radius 1 is 1.67 bits per heavy atom. The lowest BCUT2D eigenvalue weighted by Gasteiger charge is -2.19. The molecule has 0 amide bonds. The topological polar surface area (TPSA) is 26.0 Å². The fourth-order valence-electron chi connectivity index (χ4n) is 1.21. The summed E-state index contributed by atoms with van der Waals surface area (Å²) in [6.07, 6.45) is 3.17. The molecule has 0 fully saturated rings. The number of thioether (sulfide) groups is 1. The van der Waals surface area contributed by atoms with Crippen LogP contribution in [0.2, 0.25) is 0 Å². The van der Waals surface area contributed by atoms with E-state index in [9.17, 15) is 0 Å². The van der Waals surface area contributed by atoms with Gasteiger partial charge in [0.25, 0.3) is 0 Å². The van der Waals surface area contributed by atoms with Gasteiger partial charge in [-0.05, 0) is 35.1 Å². The molecule has 1 aromatic heterocycles. The molecule has 0 aliphatic carbocycles. The van der Waals surface area contributed by atoms with Crippen LogP contribution >= 0.6 is 23.1 Å². The highest BCUT2D eigenvalue weighted by atomic mass is 32.2. The van der Waals surface area contributed by atoms with Gasteiger partial charge in [-0.1, -0.05) is 6.92 Å². The first-order valence-corrected chi connectivity index (χ1v) is 6.33. The molecule has 0 radical (unpaired) electrons. The van der Waals surface area contributed by atoms with E-state index in [0.717, 1.165) is 6.42 Å². The van der Waals surface area contributed by atoms with Gasteiger partial charge in [-0.2, -0.15) is 23.1 Å². The number of thiophene rings is 1. The van der Waals surface area contributed by atoms with E-state index in [2.05, 4.69) is 30.0 Å². The number of nitrogens with two attached hydrogens (primary N) is 1. The normalized spacial score (nSPS) is 15.9. The summed E-state index contributed by atoms with van der Waals surface area (Å²) in [5, 5.41) is 4.78. The van der Waals surface area contributed by atoms with E-state index in [0.29, 0.717) is 5.25 Å². The lowest BCUT2D eigenvalue weighted by Crippen LogP contribution is -2.25. The lowest BCUT2D eigenvalue weighted by molar-refractivity contribution is 0.636. The van der Waals surface area contributed by atoms with Crippen molar-refractivity contribution in [3.63, 3.8) is 0 Å². The van der Waals surface area contributed by atoms with Crippen LogP contribution < -0.4 is 5.73 Å². The fraction of sp³-hybridized carbons (Fsp3) is 0.556. The minimum atomic E-state index is 0.287.